The molecule has 12 heteroatoms. The Kier molecular flexibility index (Phi) is 42.8. The first-order valence-corrected chi connectivity index (χ1v) is 20.0. The second kappa shape index (κ2) is 43.8. The van der Waals surface area contributed by atoms with Crippen LogP contribution in [0.25, 0.3) is 0 Å². The predicted molar refractivity (Wildman–Crippen MR) is 215 cm³/mol. The number of unbranched alkanes of at least 4 members (excludes halogenated alkanes) is 18. The molecule has 12 nitrogen and oxygen atoms in total. The van der Waals surface area contributed by atoms with Crippen molar-refractivity contribution in [3.05, 3.63) is 48.6 Å². The Bertz CT molecular complexity index is 817. The van der Waals surface area contributed by atoms with E-state index in [9.17, 15) is 19.2 Å². The van der Waals surface area contributed by atoms with Crippen LogP contribution in [0.4, 0.5) is 0 Å². The molecule has 0 aliphatic carbocycles. The molecule has 300 valence electrons. The summed E-state index contributed by atoms with van der Waals surface area (Å²) in [7, 11) is 0. The van der Waals surface area contributed by atoms with Crippen LogP contribution in [0.15, 0.2) is 48.6 Å². The van der Waals surface area contributed by atoms with Gasteiger partial charge in [-0.3, -0.25) is 40.9 Å². The zero-order valence-electron chi connectivity index (χ0n) is 32.4. The molecule has 0 saturated carbocycles. The summed E-state index contributed by atoms with van der Waals surface area (Å²) in [5.74, 6) is 19.8. The van der Waals surface area contributed by atoms with Crippen molar-refractivity contribution in [3.8, 4) is 0 Å². The maximum Gasteiger partial charge on any atom is 0.233 e. The number of rotatable bonds is 34. The maximum absolute atomic E-state index is 10.9. The van der Waals surface area contributed by atoms with Crippen molar-refractivity contribution in [2.45, 2.75) is 180 Å². The average Bonchev–Trinajstić information content (AvgIpc) is 3.16. The van der Waals surface area contributed by atoms with Crippen molar-refractivity contribution < 1.29 is 19.2 Å². The van der Waals surface area contributed by atoms with Crippen molar-refractivity contribution in [2.24, 2.45) is 23.4 Å². The van der Waals surface area contributed by atoms with E-state index in [2.05, 4.69) is 70.3 Å². The van der Waals surface area contributed by atoms with E-state index >= 15 is 0 Å². The van der Waals surface area contributed by atoms with Gasteiger partial charge in [-0.2, -0.15) is 0 Å². The van der Waals surface area contributed by atoms with Gasteiger partial charge in [-0.15, -0.1) is 0 Å². The van der Waals surface area contributed by atoms with Crippen molar-refractivity contribution in [2.75, 3.05) is 0 Å². The van der Waals surface area contributed by atoms with Crippen LogP contribution in [-0.4, -0.2) is 23.6 Å². The third kappa shape index (κ3) is 44.7. The van der Waals surface area contributed by atoms with Crippen molar-refractivity contribution in [3.63, 3.8) is 0 Å². The van der Waals surface area contributed by atoms with E-state index in [1.165, 1.54) is 51.4 Å². The lowest BCUT2D eigenvalue weighted by Gasteiger charge is -1.99. The molecule has 0 atom stereocenters. The highest BCUT2D eigenvalue weighted by Gasteiger charge is 1.99. The molecule has 12 N–H and O–H groups in total. The van der Waals surface area contributed by atoms with Gasteiger partial charge in [0.2, 0.25) is 23.6 Å². The highest BCUT2D eigenvalue weighted by Crippen LogP contribution is 2.10. The van der Waals surface area contributed by atoms with Gasteiger partial charge >= 0.3 is 0 Å². The number of amides is 4. The first-order chi connectivity index (χ1) is 25.4. The number of hydrogen-bond acceptors (Lipinski definition) is 8. The molecule has 0 rings (SSSR count). The van der Waals surface area contributed by atoms with Crippen LogP contribution in [0.5, 0.6) is 0 Å². The van der Waals surface area contributed by atoms with Crippen molar-refractivity contribution >= 4 is 23.6 Å². The normalized spacial score (nSPS) is 11.3. The average molecular weight is 733 g/mol. The van der Waals surface area contributed by atoms with Gasteiger partial charge in [-0.25, -0.2) is 23.4 Å². The summed E-state index contributed by atoms with van der Waals surface area (Å²) in [5.41, 5.74) is 8.61. The molecule has 0 aromatic rings. The third-order valence-electron chi connectivity index (χ3n) is 8.41. The minimum atomic E-state index is -0.0745. The number of hydrazine groups is 4. The van der Waals surface area contributed by atoms with Gasteiger partial charge in [-0.1, -0.05) is 100.0 Å². The Balaban J connectivity index is 0. The van der Waals surface area contributed by atoms with Gasteiger partial charge in [-0.05, 0) is 103 Å². The minimum Gasteiger partial charge on any atom is -0.294 e. The van der Waals surface area contributed by atoms with Gasteiger partial charge in [0.15, 0.2) is 0 Å². The highest BCUT2D eigenvalue weighted by atomic mass is 16.2. The topological polar surface area (TPSA) is 220 Å². The van der Waals surface area contributed by atoms with Crippen LogP contribution in [0, 0.1) is 0 Å². The summed E-state index contributed by atoms with van der Waals surface area (Å²) in [6.45, 7) is 0. The van der Waals surface area contributed by atoms with Crippen molar-refractivity contribution in [1.29, 1.82) is 0 Å². The van der Waals surface area contributed by atoms with E-state index < -0.39 is 0 Å². The zero-order chi connectivity index (χ0) is 38.6. The Labute approximate surface area is 315 Å². The second-order valence-electron chi connectivity index (χ2n) is 13.1. The standard InChI is InChI=1S/2C20H38N4O2/c2*21-23-19(25)17-15-13-11-9-7-5-3-1-2-4-6-8-10-12-14-16-18-20(26)24-22/h2*3-6H,1-2,7-18,21-22H2,(H,23,25)(H,24,26). The molecule has 0 aliphatic heterocycles. The number of carbonyl (C=O) groups is 4. The van der Waals surface area contributed by atoms with Crippen molar-refractivity contribution in [1.82, 2.24) is 21.7 Å². The summed E-state index contributed by atoms with van der Waals surface area (Å²) in [6, 6.07) is 0. The van der Waals surface area contributed by atoms with Crippen LogP contribution in [0.2, 0.25) is 0 Å². The van der Waals surface area contributed by atoms with Gasteiger partial charge in [0, 0.05) is 25.7 Å². The first-order valence-electron chi connectivity index (χ1n) is 20.0. The third-order valence-corrected chi connectivity index (χ3v) is 8.41. The van der Waals surface area contributed by atoms with Crippen LogP contribution in [0.3, 0.4) is 0 Å². The van der Waals surface area contributed by atoms with Gasteiger partial charge in [0.1, 0.15) is 0 Å². The summed E-state index contributed by atoms with van der Waals surface area (Å²) >= 11 is 0. The minimum absolute atomic E-state index is 0.0745. The van der Waals surface area contributed by atoms with E-state index in [4.69, 9.17) is 23.4 Å². The highest BCUT2D eigenvalue weighted by molar-refractivity contribution is 5.76. The van der Waals surface area contributed by atoms with E-state index in [0.717, 1.165) is 103 Å². The summed E-state index contributed by atoms with van der Waals surface area (Å²) in [4.78, 5) is 43.7. The molecule has 0 fully saturated rings. The number of carbonyl (C=O) groups excluding carboxylic acids is 4. The molecule has 0 unspecified atom stereocenters. The van der Waals surface area contributed by atoms with Crippen LogP contribution in [0.1, 0.15) is 180 Å². The first kappa shape index (κ1) is 50.8. The molecule has 0 radical (unpaired) electrons. The summed E-state index contributed by atoms with van der Waals surface area (Å²) < 4.78 is 0. The lowest BCUT2D eigenvalue weighted by Crippen LogP contribution is -2.29. The van der Waals surface area contributed by atoms with E-state index in [0.29, 0.717) is 25.7 Å². The zero-order valence-corrected chi connectivity index (χ0v) is 32.4. The molecule has 0 bridgehead atoms. The lowest BCUT2D eigenvalue weighted by atomic mass is 10.1. The van der Waals surface area contributed by atoms with Crippen LogP contribution in [-0.2, 0) is 19.2 Å². The molecule has 0 aromatic heterocycles. The second-order valence-corrected chi connectivity index (χ2v) is 13.1. The molecule has 0 aliphatic rings. The molecular formula is C40H76N8O4. The van der Waals surface area contributed by atoms with Gasteiger partial charge in [0.05, 0.1) is 0 Å². The molecule has 4 amide bonds. The predicted octanol–water partition coefficient (Wildman–Crippen LogP) is 7.08. The SMILES string of the molecule is NNC(=O)CCCCCCC=CCCC=CCCCCCCC(=O)NN.NNC(=O)CCCCCCC=CCCC=CCCCCCCC(=O)NN. The maximum atomic E-state index is 10.9. The quantitative estimate of drug-likeness (QED) is 0.0112. The molecular weight excluding hydrogens is 656 g/mol. The monoisotopic (exact) mass is 733 g/mol. The fraction of sp³-hybridized carbons (Fsp3) is 0.700. The molecule has 0 saturated heterocycles. The number of allylic oxidation sites excluding steroid dienone is 8. The Morgan fingerprint density at radius 3 is 0.635 bits per heavy atom. The summed E-state index contributed by atoms with van der Waals surface area (Å²) in [6.07, 6.45) is 46.5. The smallest absolute Gasteiger partial charge is 0.233 e. The Morgan fingerprint density at radius 2 is 0.442 bits per heavy atom. The largest absolute Gasteiger partial charge is 0.294 e. The number of hydrogen-bond donors (Lipinski definition) is 8. The van der Waals surface area contributed by atoms with Gasteiger partial charge < -0.3 is 0 Å². The number of nitrogens with one attached hydrogen (secondary N) is 4. The van der Waals surface area contributed by atoms with Gasteiger partial charge in [0.25, 0.3) is 0 Å². The number of nitrogens with two attached hydrogens (primary N) is 4. The van der Waals surface area contributed by atoms with E-state index in [1.54, 1.807) is 0 Å². The Hall–Kier alpha value is -3.32. The van der Waals surface area contributed by atoms with E-state index in [-0.39, 0.29) is 23.6 Å². The lowest BCUT2D eigenvalue weighted by molar-refractivity contribution is -0.122. The van der Waals surface area contributed by atoms with Crippen LogP contribution >= 0.6 is 0 Å². The molecule has 0 spiro atoms. The Morgan fingerprint density at radius 1 is 0.269 bits per heavy atom. The summed E-state index contributed by atoms with van der Waals surface area (Å²) in [5, 5.41) is 0. The molecule has 0 aromatic carbocycles. The molecule has 52 heavy (non-hydrogen) atoms. The van der Waals surface area contributed by atoms with E-state index in [1.807, 2.05) is 0 Å². The molecule has 0 heterocycles. The fourth-order valence-electron chi connectivity index (χ4n) is 5.22. The van der Waals surface area contributed by atoms with Crippen LogP contribution < -0.4 is 45.1 Å². The fourth-order valence-corrected chi connectivity index (χ4v) is 5.22.